The van der Waals surface area contributed by atoms with E-state index >= 15 is 0 Å². The molecule has 0 unspecified atom stereocenters. The predicted octanol–water partition coefficient (Wildman–Crippen LogP) is 4.66. The number of amides is 2. The van der Waals surface area contributed by atoms with E-state index in [-0.39, 0.29) is 29.5 Å². The van der Waals surface area contributed by atoms with Gasteiger partial charge in [0.15, 0.2) is 0 Å². The van der Waals surface area contributed by atoms with E-state index < -0.39 is 11.7 Å². The molecule has 3 N–H and O–H groups in total. The topological polar surface area (TPSA) is 107 Å². The van der Waals surface area contributed by atoms with Crippen LogP contribution in [0.3, 0.4) is 0 Å². The number of carbonyl (C=O) groups is 3. The summed E-state index contributed by atoms with van der Waals surface area (Å²) < 4.78 is 0.452. The minimum atomic E-state index is -1.26. The smallest absolute Gasteiger partial charge is 0.339 e. The molecule has 0 aromatic heterocycles. The summed E-state index contributed by atoms with van der Waals surface area (Å²) in [7, 11) is 0. The van der Waals surface area contributed by atoms with Crippen LogP contribution in [0.4, 0.5) is 5.69 Å². The number of thioether (sulfide) groups is 1. The maximum absolute atomic E-state index is 12.7. The number of thiocarbonyl (C=S) groups is 1. The van der Waals surface area contributed by atoms with Gasteiger partial charge in [-0.2, -0.15) is 0 Å². The molecule has 0 spiro atoms. The zero-order valence-electron chi connectivity index (χ0n) is 17.8. The van der Waals surface area contributed by atoms with E-state index in [2.05, 4.69) is 5.32 Å². The Labute approximate surface area is 200 Å². The van der Waals surface area contributed by atoms with Crippen molar-refractivity contribution in [2.24, 2.45) is 0 Å². The van der Waals surface area contributed by atoms with Crippen LogP contribution in [0, 0.1) is 0 Å². The summed E-state index contributed by atoms with van der Waals surface area (Å²) in [5.74, 6) is -2.18. The lowest BCUT2D eigenvalue weighted by Crippen LogP contribution is -2.29. The quantitative estimate of drug-likeness (QED) is 0.371. The van der Waals surface area contributed by atoms with E-state index in [4.69, 9.17) is 17.3 Å². The van der Waals surface area contributed by atoms with Crippen molar-refractivity contribution >= 4 is 57.8 Å². The Morgan fingerprint density at radius 2 is 1.91 bits per heavy atom. The third kappa shape index (κ3) is 6.53. The molecule has 0 bridgehead atoms. The average molecular weight is 483 g/mol. The van der Waals surface area contributed by atoms with Crippen LogP contribution in [0.5, 0.6) is 5.75 Å². The lowest BCUT2D eigenvalue weighted by Gasteiger charge is -2.14. The van der Waals surface area contributed by atoms with Crippen molar-refractivity contribution in [1.82, 2.24) is 4.90 Å². The lowest BCUT2D eigenvalue weighted by molar-refractivity contribution is -0.122. The van der Waals surface area contributed by atoms with Crippen LogP contribution in [-0.2, 0) is 9.59 Å². The van der Waals surface area contributed by atoms with Gasteiger partial charge in [-0.1, -0.05) is 60.4 Å². The van der Waals surface area contributed by atoms with Crippen molar-refractivity contribution < 1.29 is 24.6 Å². The number of benzene rings is 2. The third-order valence-corrected chi connectivity index (χ3v) is 6.10. The molecular formula is C24H22N2O5S2. The van der Waals surface area contributed by atoms with Crippen LogP contribution < -0.4 is 5.32 Å². The van der Waals surface area contributed by atoms with E-state index in [1.165, 1.54) is 34.9 Å². The van der Waals surface area contributed by atoms with Gasteiger partial charge in [-0.3, -0.25) is 14.5 Å². The first-order valence-corrected chi connectivity index (χ1v) is 11.3. The number of carbonyl (C=O) groups excluding carboxylic acids is 2. The maximum atomic E-state index is 12.7. The summed E-state index contributed by atoms with van der Waals surface area (Å²) in [6.45, 7) is 2.23. The second-order valence-corrected chi connectivity index (χ2v) is 9.00. The van der Waals surface area contributed by atoms with Crippen LogP contribution in [0.1, 0.15) is 35.7 Å². The first-order chi connectivity index (χ1) is 15.7. The van der Waals surface area contributed by atoms with Crippen molar-refractivity contribution in [3.05, 3.63) is 76.2 Å². The Kier molecular flexibility index (Phi) is 8.02. The first-order valence-electron chi connectivity index (χ1n) is 10.1. The fourth-order valence-corrected chi connectivity index (χ4v) is 4.52. The van der Waals surface area contributed by atoms with Crippen LogP contribution in [0.15, 0.2) is 65.1 Å². The second kappa shape index (κ2) is 10.9. The van der Waals surface area contributed by atoms with Crippen molar-refractivity contribution in [2.75, 3.05) is 11.9 Å². The number of aromatic carboxylic acids is 1. The van der Waals surface area contributed by atoms with Gasteiger partial charge in [0.1, 0.15) is 15.6 Å². The van der Waals surface area contributed by atoms with E-state index in [0.29, 0.717) is 22.2 Å². The van der Waals surface area contributed by atoms with Crippen molar-refractivity contribution in [1.29, 1.82) is 0 Å². The number of allylic oxidation sites excluding steroid dienone is 2. The number of hydrogen-bond donors (Lipinski definition) is 3. The Balaban J connectivity index is 1.53. The number of nitrogens with one attached hydrogen (secondary N) is 1. The second-order valence-electron chi connectivity index (χ2n) is 7.32. The Hall–Kier alpha value is -3.43. The molecule has 1 aliphatic heterocycles. The van der Waals surface area contributed by atoms with Gasteiger partial charge in [0.2, 0.25) is 5.91 Å². The molecule has 0 aliphatic carbocycles. The Bertz CT molecular complexity index is 1160. The van der Waals surface area contributed by atoms with Gasteiger partial charge in [-0.05, 0) is 42.7 Å². The summed E-state index contributed by atoms with van der Waals surface area (Å²) in [4.78, 5) is 37.9. The summed E-state index contributed by atoms with van der Waals surface area (Å²) in [5, 5.41) is 21.3. The molecule has 33 heavy (non-hydrogen) atoms. The van der Waals surface area contributed by atoms with Gasteiger partial charge >= 0.3 is 5.97 Å². The summed E-state index contributed by atoms with van der Waals surface area (Å²) in [5.41, 5.74) is 2.01. The largest absolute Gasteiger partial charge is 0.507 e. The van der Waals surface area contributed by atoms with Crippen molar-refractivity contribution in [2.45, 2.75) is 19.8 Å². The molecule has 170 valence electrons. The van der Waals surface area contributed by atoms with Crippen LogP contribution in [0.2, 0.25) is 0 Å². The van der Waals surface area contributed by atoms with Gasteiger partial charge < -0.3 is 15.5 Å². The Morgan fingerprint density at radius 1 is 1.18 bits per heavy atom. The SMILES string of the molecule is C/C(C=C1SC(=S)N(CCCC(=O)Nc2ccc(C(=O)O)c(O)c2)C1=O)=C\c1ccccc1. The number of nitrogens with zero attached hydrogens (tertiary/aromatic N) is 1. The van der Waals surface area contributed by atoms with Crippen LogP contribution >= 0.6 is 24.0 Å². The van der Waals surface area contributed by atoms with E-state index in [1.807, 2.05) is 49.4 Å². The molecular weight excluding hydrogens is 460 g/mol. The highest BCUT2D eigenvalue weighted by Crippen LogP contribution is 2.32. The molecule has 0 saturated carbocycles. The molecule has 2 amide bonds. The van der Waals surface area contributed by atoms with Crippen molar-refractivity contribution in [3.63, 3.8) is 0 Å². The summed E-state index contributed by atoms with van der Waals surface area (Å²) >= 11 is 6.58. The Morgan fingerprint density at radius 3 is 2.58 bits per heavy atom. The molecule has 7 nitrogen and oxygen atoms in total. The minimum absolute atomic E-state index is 0.129. The van der Waals surface area contributed by atoms with Crippen LogP contribution in [0.25, 0.3) is 6.08 Å². The molecule has 1 saturated heterocycles. The fourth-order valence-electron chi connectivity index (χ4n) is 3.16. The van der Waals surface area contributed by atoms with Gasteiger partial charge in [0, 0.05) is 24.7 Å². The van der Waals surface area contributed by atoms with Gasteiger partial charge in [-0.15, -0.1) is 0 Å². The standard InChI is InChI=1S/C24H22N2O5S2/c1-15(12-16-6-3-2-4-7-16)13-20-22(29)26(24(32)33-20)11-5-8-21(28)25-17-9-10-18(23(30)31)19(27)14-17/h2-4,6-7,9-10,12-14,27H,5,8,11H2,1H3,(H,25,28)(H,30,31)/b15-12+,20-13?. The third-order valence-electron chi connectivity index (χ3n) is 4.72. The predicted molar refractivity (Wildman–Crippen MR) is 133 cm³/mol. The molecule has 0 radical (unpaired) electrons. The molecule has 2 aromatic carbocycles. The van der Waals surface area contributed by atoms with Gasteiger partial charge in [0.05, 0.1) is 4.91 Å². The van der Waals surface area contributed by atoms with E-state index in [1.54, 1.807) is 0 Å². The number of rotatable bonds is 8. The molecule has 1 aliphatic rings. The monoisotopic (exact) mass is 482 g/mol. The summed E-state index contributed by atoms with van der Waals surface area (Å²) in [6, 6.07) is 13.6. The number of aromatic hydroxyl groups is 1. The highest BCUT2D eigenvalue weighted by Gasteiger charge is 2.31. The molecule has 9 heteroatoms. The number of phenols is 1. The lowest BCUT2D eigenvalue weighted by atomic mass is 10.1. The molecule has 1 fully saturated rings. The maximum Gasteiger partial charge on any atom is 0.339 e. The van der Waals surface area contributed by atoms with Crippen LogP contribution in [-0.4, -0.2) is 43.8 Å². The number of carboxylic acids is 1. The fraction of sp³-hybridized carbons (Fsp3) is 0.167. The highest BCUT2D eigenvalue weighted by atomic mass is 32.2. The number of carboxylic acid groups (broad SMARTS) is 1. The molecule has 3 rings (SSSR count). The minimum Gasteiger partial charge on any atom is -0.507 e. The van der Waals surface area contributed by atoms with E-state index in [0.717, 1.165) is 11.1 Å². The highest BCUT2D eigenvalue weighted by molar-refractivity contribution is 8.26. The first kappa shape index (κ1) is 24.2. The average Bonchev–Trinajstić information content (AvgIpc) is 3.01. The van der Waals surface area contributed by atoms with Gasteiger partial charge in [0.25, 0.3) is 5.91 Å². The van der Waals surface area contributed by atoms with Gasteiger partial charge in [-0.25, -0.2) is 4.79 Å². The molecule has 1 heterocycles. The normalized spacial score (nSPS) is 15.2. The molecule has 2 aromatic rings. The zero-order chi connectivity index (χ0) is 24.0. The zero-order valence-corrected chi connectivity index (χ0v) is 19.4. The van der Waals surface area contributed by atoms with E-state index in [9.17, 15) is 19.5 Å². The number of anilines is 1. The molecule has 0 atom stereocenters. The summed E-state index contributed by atoms with van der Waals surface area (Å²) in [6.07, 6.45) is 4.32. The van der Waals surface area contributed by atoms with Crippen molar-refractivity contribution in [3.8, 4) is 5.75 Å². The number of hydrogen-bond acceptors (Lipinski definition) is 6.